The van der Waals surface area contributed by atoms with Crippen LogP contribution in [0, 0.1) is 21.4 Å². The summed E-state index contributed by atoms with van der Waals surface area (Å²) in [5.74, 6) is 0. The van der Waals surface area contributed by atoms with Crippen molar-refractivity contribution in [3.63, 3.8) is 0 Å². The van der Waals surface area contributed by atoms with E-state index in [1.54, 1.807) is 0 Å². The lowest BCUT2D eigenvalue weighted by atomic mass is 9.93. The number of benzene rings is 1. The van der Waals surface area contributed by atoms with E-state index < -0.39 is 4.92 Å². The fourth-order valence-electron chi connectivity index (χ4n) is 2.32. The number of anilines is 1. The Labute approximate surface area is 110 Å². The summed E-state index contributed by atoms with van der Waals surface area (Å²) in [6.45, 7) is 0. The summed E-state index contributed by atoms with van der Waals surface area (Å²) >= 11 is 0. The van der Waals surface area contributed by atoms with Gasteiger partial charge in [-0.25, -0.2) is 0 Å². The predicted molar refractivity (Wildman–Crippen MR) is 69.7 cm³/mol. The van der Waals surface area contributed by atoms with Gasteiger partial charge in [0.2, 0.25) is 0 Å². The van der Waals surface area contributed by atoms with Gasteiger partial charge in [-0.15, -0.1) is 0 Å². The van der Waals surface area contributed by atoms with Crippen LogP contribution in [-0.4, -0.2) is 22.2 Å². The summed E-state index contributed by atoms with van der Waals surface area (Å²) in [7, 11) is 0. The molecular weight excluding hydrogens is 246 g/mol. The Kier molecular flexibility index (Phi) is 3.97. The summed E-state index contributed by atoms with van der Waals surface area (Å²) in [5.41, 5.74) is 0.750. The second-order valence-electron chi connectivity index (χ2n) is 4.75. The molecule has 19 heavy (non-hydrogen) atoms. The van der Waals surface area contributed by atoms with E-state index in [0.717, 1.165) is 12.8 Å². The van der Waals surface area contributed by atoms with Gasteiger partial charge in [-0.05, 0) is 37.8 Å². The molecule has 0 atom stereocenters. The van der Waals surface area contributed by atoms with Crippen LogP contribution < -0.4 is 5.32 Å². The quantitative estimate of drug-likeness (QED) is 0.641. The first-order valence-corrected chi connectivity index (χ1v) is 6.23. The van der Waals surface area contributed by atoms with E-state index in [1.165, 1.54) is 18.2 Å². The van der Waals surface area contributed by atoms with Crippen LogP contribution in [0.25, 0.3) is 0 Å². The Balaban J connectivity index is 2.18. The summed E-state index contributed by atoms with van der Waals surface area (Å²) < 4.78 is 0. The molecule has 1 aliphatic rings. The van der Waals surface area contributed by atoms with Crippen molar-refractivity contribution < 1.29 is 10.0 Å². The molecule has 0 heterocycles. The number of nitrogens with one attached hydrogen (secondary N) is 1. The first-order chi connectivity index (χ1) is 9.10. The van der Waals surface area contributed by atoms with Crippen molar-refractivity contribution in [3.8, 4) is 6.07 Å². The molecule has 0 spiro atoms. The maximum atomic E-state index is 11.0. The highest BCUT2D eigenvalue weighted by Gasteiger charge is 2.22. The van der Waals surface area contributed by atoms with Crippen molar-refractivity contribution in [2.75, 3.05) is 5.32 Å². The van der Waals surface area contributed by atoms with Crippen LogP contribution in [0.1, 0.15) is 31.2 Å². The monoisotopic (exact) mass is 261 g/mol. The highest BCUT2D eigenvalue weighted by molar-refractivity contribution is 5.64. The van der Waals surface area contributed by atoms with E-state index in [9.17, 15) is 15.2 Å². The largest absolute Gasteiger partial charge is 0.393 e. The summed E-state index contributed by atoms with van der Waals surface area (Å²) in [4.78, 5) is 10.5. The van der Waals surface area contributed by atoms with Crippen LogP contribution in [0.4, 0.5) is 11.4 Å². The molecule has 0 amide bonds. The Morgan fingerprint density at radius 1 is 1.37 bits per heavy atom. The van der Waals surface area contributed by atoms with Crippen molar-refractivity contribution in [1.29, 1.82) is 5.26 Å². The third-order valence-electron chi connectivity index (χ3n) is 3.38. The van der Waals surface area contributed by atoms with Gasteiger partial charge >= 0.3 is 0 Å². The Hall–Kier alpha value is -2.13. The fourth-order valence-corrected chi connectivity index (χ4v) is 2.32. The van der Waals surface area contributed by atoms with Crippen molar-refractivity contribution in [1.82, 2.24) is 0 Å². The van der Waals surface area contributed by atoms with E-state index in [1.807, 2.05) is 6.07 Å². The average molecular weight is 261 g/mol. The number of nitro benzene ring substituents is 1. The van der Waals surface area contributed by atoms with Crippen molar-refractivity contribution in [2.24, 2.45) is 0 Å². The van der Waals surface area contributed by atoms with E-state index in [-0.39, 0.29) is 17.8 Å². The van der Waals surface area contributed by atoms with Crippen molar-refractivity contribution >= 4 is 11.4 Å². The fraction of sp³-hybridized carbons (Fsp3) is 0.462. The number of hydrogen-bond acceptors (Lipinski definition) is 5. The lowest BCUT2D eigenvalue weighted by molar-refractivity contribution is -0.384. The minimum absolute atomic E-state index is 0.0230. The van der Waals surface area contributed by atoms with Gasteiger partial charge in [0.05, 0.1) is 22.7 Å². The Morgan fingerprint density at radius 3 is 2.63 bits per heavy atom. The number of hydrogen-bond donors (Lipinski definition) is 2. The summed E-state index contributed by atoms with van der Waals surface area (Å²) in [6, 6.07) is 6.37. The molecule has 100 valence electrons. The lowest BCUT2D eigenvalue weighted by Crippen LogP contribution is -2.28. The molecule has 0 aromatic heterocycles. The molecule has 0 unspecified atom stereocenters. The molecule has 1 aliphatic carbocycles. The first kappa shape index (κ1) is 13.3. The molecule has 1 aromatic rings. The van der Waals surface area contributed by atoms with E-state index in [0.29, 0.717) is 24.1 Å². The molecule has 1 aromatic carbocycles. The molecule has 6 nitrogen and oxygen atoms in total. The minimum Gasteiger partial charge on any atom is -0.393 e. The highest BCUT2D eigenvalue weighted by Crippen LogP contribution is 2.29. The molecular formula is C13H15N3O3. The Bertz CT molecular complexity index is 516. The van der Waals surface area contributed by atoms with Gasteiger partial charge in [-0.2, -0.15) is 5.26 Å². The molecule has 2 N–H and O–H groups in total. The van der Waals surface area contributed by atoms with E-state index >= 15 is 0 Å². The van der Waals surface area contributed by atoms with Gasteiger partial charge in [0.1, 0.15) is 5.69 Å². The predicted octanol–water partition coefficient (Wildman–Crippen LogP) is 2.18. The lowest BCUT2D eigenvalue weighted by Gasteiger charge is -2.26. The Morgan fingerprint density at radius 2 is 2.05 bits per heavy atom. The third kappa shape index (κ3) is 3.20. The van der Waals surface area contributed by atoms with Crippen LogP contribution in [0.5, 0.6) is 0 Å². The maximum Gasteiger partial charge on any atom is 0.292 e. The minimum atomic E-state index is -0.457. The van der Waals surface area contributed by atoms with Gasteiger partial charge in [-0.3, -0.25) is 10.1 Å². The second kappa shape index (κ2) is 5.67. The first-order valence-electron chi connectivity index (χ1n) is 6.23. The maximum absolute atomic E-state index is 11.0. The van der Waals surface area contributed by atoms with Crippen molar-refractivity contribution in [3.05, 3.63) is 33.9 Å². The normalized spacial score (nSPS) is 22.5. The number of nitriles is 1. The highest BCUT2D eigenvalue weighted by atomic mass is 16.6. The summed E-state index contributed by atoms with van der Waals surface area (Å²) in [5, 5.41) is 32.4. The van der Waals surface area contributed by atoms with Crippen LogP contribution >= 0.6 is 0 Å². The van der Waals surface area contributed by atoms with Gasteiger partial charge in [0, 0.05) is 12.1 Å². The smallest absolute Gasteiger partial charge is 0.292 e. The second-order valence-corrected chi connectivity index (χ2v) is 4.75. The SMILES string of the molecule is N#Cc1ccc([N+](=O)[O-])c(NC2CCC(O)CC2)c1. The van der Waals surface area contributed by atoms with Crippen LogP contribution in [0.15, 0.2) is 18.2 Å². The zero-order valence-corrected chi connectivity index (χ0v) is 10.4. The molecule has 1 fully saturated rings. The van der Waals surface area contributed by atoms with E-state index in [4.69, 9.17) is 5.26 Å². The number of nitrogens with zero attached hydrogens (tertiary/aromatic N) is 2. The molecule has 0 radical (unpaired) electrons. The molecule has 6 heteroatoms. The van der Waals surface area contributed by atoms with Gasteiger partial charge < -0.3 is 10.4 Å². The average Bonchev–Trinajstić information content (AvgIpc) is 2.41. The zero-order valence-electron chi connectivity index (χ0n) is 10.4. The van der Waals surface area contributed by atoms with Crippen LogP contribution in [-0.2, 0) is 0 Å². The van der Waals surface area contributed by atoms with E-state index in [2.05, 4.69) is 5.32 Å². The molecule has 0 bridgehead atoms. The molecule has 0 saturated heterocycles. The van der Waals surface area contributed by atoms with Gasteiger partial charge in [-0.1, -0.05) is 0 Å². The number of rotatable bonds is 3. The molecule has 2 rings (SSSR count). The molecule has 1 saturated carbocycles. The zero-order chi connectivity index (χ0) is 13.8. The van der Waals surface area contributed by atoms with Crippen LogP contribution in [0.3, 0.4) is 0 Å². The number of aliphatic hydroxyl groups is 1. The summed E-state index contributed by atoms with van der Waals surface area (Å²) in [6.07, 6.45) is 2.68. The topological polar surface area (TPSA) is 99.2 Å². The number of nitro groups is 1. The standard InChI is InChI=1S/C13H15N3O3/c14-8-9-1-6-13(16(18)19)12(7-9)15-10-2-4-11(17)5-3-10/h1,6-7,10-11,15,17H,2-5H2. The van der Waals surface area contributed by atoms with Crippen molar-refractivity contribution in [2.45, 2.75) is 37.8 Å². The molecule has 0 aliphatic heterocycles. The number of aliphatic hydroxyl groups excluding tert-OH is 1. The third-order valence-corrected chi connectivity index (χ3v) is 3.38. The van der Waals surface area contributed by atoms with Gasteiger partial charge in [0.25, 0.3) is 5.69 Å². The van der Waals surface area contributed by atoms with Crippen LogP contribution in [0.2, 0.25) is 0 Å². The van der Waals surface area contributed by atoms with Gasteiger partial charge in [0.15, 0.2) is 0 Å².